The molecule has 0 bridgehead atoms. The van der Waals surface area contributed by atoms with E-state index in [1.807, 2.05) is 16.7 Å². The van der Waals surface area contributed by atoms with Gasteiger partial charge in [0, 0.05) is 6.20 Å². The monoisotopic (exact) mass is 211 g/mol. The first-order valence-corrected chi connectivity index (χ1v) is 4.36. The molecule has 2 aromatic heterocycles. The lowest BCUT2D eigenvalue weighted by atomic mass is 10.4. The molecule has 2 rings (SSSR count). The molecular formula is C7H6BrN3. The zero-order valence-corrected chi connectivity index (χ0v) is 7.32. The number of alkyl halides is 1. The van der Waals surface area contributed by atoms with Crippen LogP contribution in [-0.4, -0.2) is 14.5 Å². The number of nitrogens with zero attached hydrogens (tertiary/aromatic N) is 3. The summed E-state index contributed by atoms with van der Waals surface area (Å²) in [5.41, 5.74) is 2.62. The molecule has 0 saturated carbocycles. The highest BCUT2D eigenvalue weighted by Gasteiger charge is 1.98. The summed E-state index contributed by atoms with van der Waals surface area (Å²) in [5, 5.41) is 0. The van der Waals surface area contributed by atoms with Gasteiger partial charge in [-0.15, -0.1) is 0 Å². The summed E-state index contributed by atoms with van der Waals surface area (Å²) in [7, 11) is 0. The number of fused-ring (bicyclic) bond motifs is 1. The van der Waals surface area contributed by atoms with Crippen molar-refractivity contribution in [1.82, 2.24) is 14.5 Å². The summed E-state index contributed by atoms with van der Waals surface area (Å²) < 4.78 is 1.99. The predicted octanol–water partition coefficient (Wildman–Crippen LogP) is 1.78. The minimum Gasteiger partial charge on any atom is -0.319 e. The maximum Gasteiger partial charge on any atom is 0.177 e. The second-order valence-corrected chi connectivity index (χ2v) is 2.68. The molecular weight excluding hydrogens is 206 g/mol. The van der Waals surface area contributed by atoms with E-state index in [4.69, 9.17) is 0 Å². The third kappa shape index (κ3) is 1.03. The molecule has 0 fully saturated rings. The first-order valence-electron chi connectivity index (χ1n) is 3.23. The smallest absolute Gasteiger partial charge is 0.177 e. The van der Waals surface area contributed by atoms with Crippen molar-refractivity contribution in [2.75, 3.05) is 0 Å². The van der Waals surface area contributed by atoms with Crippen LogP contribution in [0.5, 0.6) is 0 Å². The number of imidazole rings is 1. The normalized spacial score (nSPS) is 10.6. The molecule has 0 aliphatic carbocycles. The van der Waals surface area contributed by atoms with Gasteiger partial charge in [0.1, 0.15) is 0 Å². The van der Waals surface area contributed by atoms with Gasteiger partial charge in [0.15, 0.2) is 5.65 Å². The van der Waals surface area contributed by atoms with Gasteiger partial charge in [0.25, 0.3) is 0 Å². The van der Waals surface area contributed by atoms with Gasteiger partial charge in [-0.1, -0.05) is 15.9 Å². The summed E-state index contributed by atoms with van der Waals surface area (Å²) in [6.07, 6.45) is 3.51. The lowest BCUT2D eigenvalue weighted by Gasteiger charge is -1.94. The van der Waals surface area contributed by atoms with Crippen molar-refractivity contribution in [3.05, 3.63) is 24.7 Å². The minimum atomic E-state index is 0.759. The van der Waals surface area contributed by atoms with Crippen LogP contribution >= 0.6 is 15.9 Å². The third-order valence-corrected chi connectivity index (χ3v) is 2.06. The maximum absolute atomic E-state index is 4.11. The van der Waals surface area contributed by atoms with Crippen LogP contribution in [0.4, 0.5) is 0 Å². The average Bonchev–Trinajstić information content (AvgIpc) is 2.47. The highest BCUT2D eigenvalue weighted by atomic mass is 79.9. The van der Waals surface area contributed by atoms with Crippen LogP contribution in [0.1, 0.15) is 0 Å². The molecule has 3 nitrogen and oxygen atoms in total. The van der Waals surface area contributed by atoms with Crippen LogP contribution in [0.25, 0.3) is 11.2 Å². The standard InChI is InChI=1S/C7H6BrN3/c8-4-11-5-10-7-6(11)2-1-3-9-7/h1-3,5H,4H2. The van der Waals surface area contributed by atoms with E-state index in [1.54, 1.807) is 12.5 Å². The SMILES string of the molecule is BrCn1cnc2ncccc21. The number of rotatable bonds is 1. The fraction of sp³-hybridized carbons (Fsp3) is 0.143. The number of hydrogen-bond donors (Lipinski definition) is 0. The third-order valence-electron chi connectivity index (χ3n) is 1.52. The van der Waals surface area contributed by atoms with Gasteiger partial charge in [-0.05, 0) is 12.1 Å². The molecule has 4 heteroatoms. The Morgan fingerprint density at radius 3 is 3.18 bits per heavy atom. The van der Waals surface area contributed by atoms with Crippen LogP contribution in [0, 0.1) is 0 Å². The van der Waals surface area contributed by atoms with Gasteiger partial charge in [-0.3, -0.25) is 0 Å². The molecule has 0 aliphatic rings. The summed E-state index contributed by atoms with van der Waals surface area (Å²) in [6, 6.07) is 3.90. The summed E-state index contributed by atoms with van der Waals surface area (Å²) in [4.78, 5) is 8.21. The van der Waals surface area contributed by atoms with E-state index in [2.05, 4.69) is 25.9 Å². The highest BCUT2D eigenvalue weighted by Crippen LogP contribution is 2.09. The Kier molecular flexibility index (Phi) is 1.62. The van der Waals surface area contributed by atoms with E-state index in [1.165, 1.54) is 0 Å². The second kappa shape index (κ2) is 2.62. The Bertz CT molecular complexity index is 368. The quantitative estimate of drug-likeness (QED) is 0.674. The van der Waals surface area contributed by atoms with Gasteiger partial charge < -0.3 is 4.57 Å². The van der Waals surface area contributed by atoms with Gasteiger partial charge >= 0.3 is 0 Å². The summed E-state index contributed by atoms with van der Waals surface area (Å²) in [5.74, 6) is 0. The Labute approximate surface area is 72.2 Å². The number of pyridine rings is 1. The average molecular weight is 212 g/mol. The Balaban J connectivity index is 2.76. The van der Waals surface area contributed by atoms with Gasteiger partial charge in [0.05, 0.1) is 17.3 Å². The molecule has 0 unspecified atom stereocenters. The lowest BCUT2D eigenvalue weighted by Crippen LogP contribution is -1.87. The van der Waals surface area contributed by atoms with Crippen molar-refractivity contribution < 1.29 is 0 Å². The topological polar surface area (TPSA) is 30.7 Å². The number of hydrogen-bond acceptors (Lipinski definition) is 2. The molecule has 0 saturated heterocycles. The van der Waals surface area contributed by atoms with Crippen LogP contribution in [0.2, 0.25) is 0 Å². The Morgan fingerprint density at radius 2 is 2.36 bits per heavy atom. The zero-order chi connectivity index (χ0) is 7.68. The van der Waals surface area contributed by atoms with Gasteiger partial charge in [-0.2, -0.15) is 0 Å². The first-order chi connectivity index (χ1) is 5.42. The fourth-order valence-electron chi connectivity index (χ4n) is 0.994. The molecule has 11 heavy (non-hydrogen) atoms. The first kappa shape index (κ1) is 6.79. The zero-order valence-electron chi connectivity index (χ0n) is 5.74. The second-order valence-electron chi connectivity index (χ2n) is 2.18. The molecule has 0 N–H and O–H groups in total. The van der Waals surface area contributed by atoms with Crippen LogP contribution in [0.3, 0.4) is 0 Å². The van der Waals surface area contributed by atoms with Gasteiger partial charge in [0.2, 0.25) is 0 Å². The van der Waals surface area contributed by atoms with E-state index >= 15 is 0 Å². The summed E-state index contributed by atoms with van der Waals surface area (Å²) >= 11 is 3.35. The van der Waals surface area contributed by atoms with Crippen LogP contribution in [0.15, 0.2) is 24.7 Å². The predicted molar refractivity (Wildman–Crippen MR) is 46.5 cm³/mol. The van der Waals surface area contributed by atoms with E-state index in [-0.39, 0.29) is 0 Å². The molecule has 0 aliphatic heterocycles. The van der Waals surface area contributed by atoms with Crippen molar-refractivity contribution in [2.24, 2.45) is 0 Å². The molecule has 0 aromatic carbocycles. The number of aromatic nitrogens is 3. The molecule has 0 atom stereocenters. The van der Waals surface area contributed by atoms with E-state index < -0.39 is 0 Å². The van der Waals surface area contributed by atoms with E-state index in [0.29, 0.717) is 0 Å². The van der Waals surface area contributed by atoms with E-state index in [0.717, 1.165) is 16.6 Å². The van der Waals surface area contributed by atoms with Crippen molar-refractivity contribution in [3.63, 3.8) is 0 Å². The number of halogens is 1. The van der Waals surface area contributed by atoms with Crippen molar-refractivity contribution in [3.8, 4) is 0 Å². The largest absolute Gasteiger partial charge is 0.319 e. The lowest BCUT2D eigenvalue weighted by molar-refractivity contribution is 0.935. The molecule has 2 aromatic rings. The minimum absolute atomic E-state index is 0.759. The van der Waals surface area contributed by atoms with Crippen molar-refractivity contribution in [2.45, 2.75) is 5.45 Å². The maximum atomic E-state index is 4.11. The highest BCUT2D eigenvalue weighted by molar-refractivity contribution is 9.08. The molecule has 56 valence electrons. The van der Waals surface area contributed by atoms with Gasteiger partial charge in [-0.25, -0.2) is 9.97 Å². The Morgan fingerprint density at radius 1 is 1.45 bits per heavy atom. The molecule has 0 spiro atoms. The molecule has 0 radical (unpaired) electrons. The summed E-state index contributed by atoms with van der Waals surface area (Å²) in [6.45, 7) is 0. The Hall–Kier alpha value is -0.900. The van der Waals surface area contributed by atoms with Crippen molar-refractivity contribution >= 4 is 27.1 Å². The van der Waals surface area contributed by atoms with Crippen LogP contribution < -0.4 is 0 Å². The fourth-order valence-corrected chi connectivity index (χ4v) is 1.39. The molecule has 2 heterocycles. The van der Waals surface area contributed by atoms with Crippen LogP contribution in [-0.2, 0) is 5.45 Å². The van der Waals surface area contributed by atoms with Crippen molar-refractivity contribution in [1.29, 1.82) is 0 Å². The van der Waals surface area contributed by atoms with E-state index in [9.17, 15) is 0 Å². The molecule has 0 amide bonds.